The fraction of sp³-hybridized carbons (Fsp3) is 0.0769. The highest BCUT2D eigenvalue weighted by atomic mass is 32.1. The van der Waals surface area contributed by atoms with E-state index in [-0.39, 0.29) is 10.7 Å². The Labute approximate surface area is 125 Å². The van der Waals surface area contributed by atoms with Crippen molar-refractivity contribution in [2.24, 2.45) is 0 Å². The van der Waals surface area contributed by atoms with Gasteiger partial charge >= 0.3 is 6.18 Å². The first kappa shape index (κ1) is 14.4. The zero-order valence-corrected chi connectivity index (χ0v) is 11.6. The van der Waals surface area contributed by atoms with E-state index in [1.165, 1.54) is 6.08 Å². The number of alkyl halides is 3. The third kappa shape index (κ3) is 2.89. The molecule has 112 valence electrons. The predicted molar refractivity (Wildman–Crippen MR) is 75.3 cm³/mol. The molecule has 3 aromatic rings. The number of hydrogen-bond donors (Lipinski definition) is 0. The van der Waals surface area contributed by atoms with Gasteiger partial charge in [-0.15, -0.1) is 5.10 Å². The summed E-state index contributed by atoms with van der Waals surface area (Å²) in [4.78, 5) is 19.6. The summed E-state index contributed by atoms with van der Waals surface area (Å²) < 4.78 is 38.5. The number of fused-ring (bicyclic) bond motifs is 1. The second-order valence-electron chi connectivity index (χ2n) is 4.24. The van der Waals surface area contributed by atoms with Crippen LogP contribution in [0.5, 0.6) is 0 Å². The molecule has 0 saturated heterocycles. The van der Waals surface area contributed by atoms with Crippen LogP contribution in [0.4, 0.5) is 13.2 Å². The van der Waals surface area contributed by atoms with E-state index in [2.05, 4.69) is 15.1 Å². The number of rotatable bonds is 2. The van der Waals surface area contributed by atoms with Crippen molar-refractivity contribution in [1.82, 2.24) is 19.6 Å². The van der Waals surface area contributed by atoms with Crippen LogP contribution in [0.25, 0.3) is 17.1 Å². The molecule has 9 heteroatoms. The molecule has 0 atom stereocenters. The largest absolute Gasteiger partial charge is 0.445 e. The molecule has 0 spiro atoms. The zero-order valence-electron chi connectivity index (χ0n) is 10.8. The van der Waals surface area contributed by atoms with Crippen molar-refractivity contribution in [1.29, 1.82) is 0 Å². The molecule has 5 nitrogen and oxygen atoms in total. The molecule has 0 saturated carbocycles. The van der Waals surface area contributed by atoms with Crippen LogP contribution in [-0.2, 0) is 6.18 Å². The minimum absolute atomic E-state index is 0.106. The number of nitrogens with zero attached hydrogens (tertiary/aromatic N) is 4. The van der Waals surface area contributed by atoms with E-state index in [1.54, 1.807) is 30.6 Å². The number of pyridine rings is 1. The second-order valence-corrected chi connectivity index (χ2v) is 5.19. The van der Waals surface area contributed by atoms with E-state index >= 15 is 0 Å². The highest BCUT2D eigenvalue weighted by Crippen LogP contribution is 2.31. The molecule has 0 bridgehead atoms. The Morgan fingerprint density at radius 1 is 1.27 bits per heavy atom. The molecular weight excluding hydrogens is 317 g/mol. The van der Waals surface area contributed by atoms with Crippen LogP contribution in [0, 0.1) is 0 Å². The molecule has 3 heterocycles. The van der Waals surface area contributed by atoms with Crippen LogP contribution in [0.1, 0.15) is 16.3 Å². The highest BCUT2D eigenvalue weighted by Gasteiger charge is 2.36. The third-order valence-corrected chi connectivity index (χ3v) is 3.59. The van der Waals surface area contributed by atoms with Gasteiger partial charge in [0.1, 0.15) is 0 Å². The van der Waals surface area contributed by atoms with Gasteiger partial charge in [-0.05, 0) is 17.7 Å². The molecule has 3 rings (SSSR count). The monoisotopic (exact) mass is 324 g/mol. The van der Waals surface area contributed by atoms with Crippen molar-refractivity contribution in [3.8, 4) is 0 Å². The molecular formula is C13H7F3N4OS. The normalized spacial score (nSPS) is 12.3. The molecule has 0 unspecified atom stereocenters. The van der Waals surface area contributed by atoms with Crippen LogP contribution >= 0.6 is 11.3 Å². The molecule has 0 aliphatic rings. The van der Waals surface area contributed by atoms with Crippen molar-refractivity contribution in [2.45, 2.75) is 6.18 Å². The number of aromatic nitrogens is 4. The smallest absolute Gasteiger partial charge is 0.267 e. The van der Waals surface area contributed by atoms with Gasteiger partial charge in [0.05, 0.1) is 5.69 Å². The maximum absolute atomic E-state index is 12.6. The minimum atomic E-state index is -4.60. The van der Waals surface area contributed by atoms with Crippen molar-refractivity contribution in [2.75, 3.05) is 0 Å². The first-order valence-corrected chi connectivity index (χ1v) is 6.81. The van der Waals surface area contributed by atoms with E-state index in [0.29, 0.717) is 15.9 Å². The second kappa shape index (κ2) is 5.34. The van der Waals surface area contributed by atoms with E-state index in [0.717, 1.165) is 11.6 Å². The predicted octanol–water partition coefficient (Wildman–Crippen LogP) is 2.74. The summed E-state index contributed by atoms with van der Waals surface area (Å²) in [5.74, 6) is 0. The van der Waals surface area contributed by atoms with E-state index in [1.807, 2.05) is 0 Å². The molecule has 0 aliphatic carbocycles. The van der Waals surface area contributed by atoms with Gasteiger partial charge in [0.15, 0.2) is 0 Å². The summed E-state index contributed by atoms with van der Waals surface area (Å²) in [6, 6.07) is 4.66. The molecule has 0 aliphatic heterocycles. The fourth-order valence-corrected chi connectivity index (χ4v) is 2.46. The Hall–Kier alpha value is -2.55. The Kier molecular flexibility index (Phi) is 3.49. The Bertz CT molecular complexity index is 899. The van der Waals surface area contributed by atoms with E-state index in [9.17, 15) is 18.0 Å². The Morgan fingerprint density at radius 2 is 2.09 bits per heavy atom. The van der Waals surface area contributed by atoms with Gasteiger partial charge in [0.2, 0.25) is 9.97 Å². The topological polar surface area (TPSA) is 60.2 Å². The number of halogens is 3. The molecule has 0 fully saturated rings. The van der Waals surface area contributed by atoms with Crippen LogP contribution in [0.2, 0.25) is 0 Å². The lowest BCUT2D eigenvalue weighted by molar-refractivity contribution is -0.138. The lowest BCUT2D eigenvalue weighted by Crippen LogP contribution is -2.15. The average Bonchev–Trinajstić information content (AvgIpc) is 2.91. The average molecular weight is 324 g/mol. The van der Waals surface area contributed by atoms with E-state index in [4.69, 9.17) is 0 Å². The first-order chi connectivity index (χ1) is 10.4. The summed E-state index contributed by atoms with van der Waals surface area (Å²) >= 11 is 0.324. The van der Waals surface area contributed by atoms with Gasteiger partial charge in [-0.2, -0.15) is 17.7 Å². The summed E-state index contributed by atoms with van der Waals surface area (Å²) in [7, 11) is 0. The molecule has 0 N–H and O–H groups in total. The van der Waals surface area contributed by atoms with Gasteiger partial charge in [0, 0.05) is 18.5 Å². The third-order valence-electron chi connectivity index (χ3n) is 2.64. The lowest BCUT2D eigenvalue weighted by Gasteiger charge is -1.97. The highest BCUT2D eigenvalue weighted by molar-refractivity contribution is 7.16. The van der Waals surface area contributed by atoms with Gasteiger partial charge in [-0.1, -0.05) is 23.5 Å². The van der Waals surface area contributed by atoms with Crippen LogP contribution in [0.3, 0.4) is 0 Å². The van der Waals surface area contributed by atoms with Crippen molar-refractivity contribution >= 4 is 28.4 Å². The quantitative estimate of drug-likeness (QED) is 0.727. The SMILES string of the molecule is O=c1cc(/C=C/c2cccnc2)nc2sc(C(F)(F)F)nn12. The van der Waals surface area contributed by atoms with Crippen molar-refractivity contribution in [3.63, 3.8) is 0 Å². The maximum atomic E-state index is 12.6. The number of hydrogen-bond acceptors (Lipinski definition) is 5. The van der Waals surface area contributed by atoms with Crippen LogP contribution < -0.4 is 5.56 Å². The summed E-state index contributed by atoms with van der Waals surface area (Å²) in [5.41, 5.74) is 0.374. The zero-order chi connectivity index (χ0) is 15.7. The molecule has 3 aromatic heterocycles. The first-order valence-electron chi connectivity index (χ1n) is 6.00. The van der Waals surface area contributed by atoms with Crippen LogP contribution in [-0.4, -0.2) is 19.6 Å². The lowest BCUT2D eigenvalue weighted by atomic mass is 10.2. The van der Waals surface area contributed by atoms with Crippen molar-refractivity contribution < 1.29 is 13.2 Å². The molecule has 0 radical (unpaired) electrons. The summed E-state index contributed by atoms with van der Waals surface area (Å²) in [6.45, 7) is 0. The van der Waals surface area contributed by atoms with Gasteiger partial charge < -0.3 is 0 Å². The van der Waals surface area contributed by atoms with E-state index < -0.39 is 16.7 Å². The van der Waals surface area contributed by atoms with Gasteiger partial charge in [-0.3, -0.25) is 9.78 Å². The van der Waals surface area contributed by atoms with Crippen LogP contribution in [0.15, 0.2) is 35.4 Å². The van der Waals surface area contributed by atoms with Gasteiger partial charge in [-0.25, -0.2) is 4.98 Å². The Morgan fingerprint density at radius 3 is 2.77 bits per heavy atom. The van der Waals surface area contributed by atoms with Crippen molar-refractivity contribution in [3.05, 3.63) is 57.2 Å². The minimum Gasteiger partial charge on any atom is -0.267 e. The van der Waals surface area contributed by atoms with Gasteiger partial charge in [0.25, 0.3) is 5.56 Å². The Balaban J connectivity index is 2.02. The molecule has 0 aromatic carbocycles. The standard InChI is InChI=1S/C13H7F3N4OS/c14-13(15,16)11-19-20-10(21)6-9(18-12(20)22-11)4-3-8-2-1-5-17-7-8/h1-7H/b4-3+. The molecule has 0 amide bonds. The summed E-state index contributed by atoms with van der Waals surface area (Å²) in [5, 5.41) is 2.14. The fourth-order valence-electron chi connectivity index (χ4n) is 1.68. The molecule has 22 heavy (non-hydrogen) atoms. The summed E-state index contributed by atoms with van der Waals surface area (Å²) in [6.07, 6.45) is 1.82. The maximum Gasteiger partial charge on any atom is 0.445 e.